The second-order valence-electron chi connectivity index (χ2n) is 6.09. The van der Waals surface area contributed by atoms with Crippen LogP contribution in [0.3, 0.4) is 0 Å². The third kappa shape index (κ3) is 2.64. The lowest BCUT2D eigenvalue weighted by atomic mass is 9.98. The molecule has 0 amide bonds. The van der Waals surface area contributed by atoms with E-state index in [0.29, 0.717) is 11.8 Å². The summed E-state index contributed by atoms with van der Waals surface area (Å²) in [4.78, 5) is 2.13. The van der Waals surface area contributed by atoms with Crippen molar-refractivity contribution in [2.45, 2.75) is 38.3 Å². The number of fused-ring (bicyclic) bond motifs is 1. The molecule has 0 saturated carbocycles. The summed E-state index contributed by atoms with van der Waals surface area (Å²) in [6.45, 7) is 2.20. The van der Waals surface area contributed by atoms with Gasteiger partial charge in [-0.05, 0) is 49.9 Å². The molecule has 1 N–H and O–H groups in total. The molecular formula is C15H22N2O2S. The van der Waals surface area contributed by atoms with E-state index in [1.807, 2.05) is 7.05 Å². The average Bonchev–Trinajstić information content (AvgIpc) is 2.77. The number of aryl methyl sites for hydroxylation is 1. The van der Waals surface area contributed by atoms with E-state index < -0.39 is 9.84 Å². The molecule has 0 radical (unpaired) electrons. The second-order valence-corrected chi connectivity index (χ2v) is 8.32. The summed E-state index contributed by atoms with van der Waals surface area (Å²) >= 11 is 0. The Labute approximate surface area is 121 Å². The highest BCUT2D eigenvalue weighted by atomic mass is 32.2. The molecule has 0 spiro atoms. The van der Waals surface area contributed by atoms with E-state index in [4.69, 9.17) is 0 Å². The van der Waals surface area contributed by atoms with Crippen molar-refractivity contribution in [3.63, 3.8) is 0 Å². The van der Waals surface area contributed by atoms with E-state index in [9.17, 15) is 8.42 Å². The van der Waals surface area contributed by atoms with E-state index in [2.05, 4.69) is 35.3 Å². The van der Waals surface area contributed by atoms with Gasteiger partial charge in [-0.2, -0.15) is 0 Å². The van der Waals surface area contributed by atoms with Crippen LogP contribution in [0.4, 0.5) is 11.4 Å². The number of sulfone groups is 1. The van der Waals surface area contributed by atoms with Gasteiger partial charge in [-0.15, -0.1) is 0 Å². The lowest BCUT2D eigenvalue weighted by Gasteiger charge is -2.29. The fourth-order valence-corrected chi connectivity index (χ4v) is 4.92. The van der Waals surface area contributed by atoms with Crippen molar-refractivity contribution in [3.8, 4) is 0 Å². The molecule has 2 aliphatic heterocycles. The van der Waals surface area contributed by atoms with Crippen molar-refractivity contribution in [2.24, 2.45) is 0 Å². The molecule has 1 saturated heterocycles. The van der Waals surface area contributed by atoms with Crippen LogP contribution in [0.15, 0.2) is 18.2 Å². The smallest absolute Gasteiger partial charge is 0.152 e. The summed E-state index contributed by atoms with van der Waals surface area (Å²) in [7, 11) is -0.821. The predicted molar refractivity (Wildman–Crippen MR) is 83.3 cm³/mol. The Morgan fingerprint density at radius 1 is 1.30 bits per heavy atom. The van der Waals surface area contributed by atoms with E-state index in [1.54, 1.807) is 0 Å². The monoisotopic (exact) mass is 294 g/mol. The molecule has 1 fully saturated rings. The third-order valence-electron chi connectivity index (χ3n) is 4.50. The van der Waals surface area contributed by atoms with Crippen LogP contribution in [-0.2, 0) is 16.3 Å². The van der Waals surface area contributed by atoms with Gasteiger partial charge in [-0.3, -0.25) is 0 Å². The van der Waals surface area contributed by atoms with Crippen molar-refractivity contribution in [1.29, 1.82) is 0 Å². The molecular weight excluding hydrogens is 272 g/mol. The van der Waals surface area contributed by atoms with Gasteiger partial charge in [0, 0.05) is 30.5 Å². The molecule has 20 heavy (non-hydrogen) atoms. The number of hydrogen-bond acceptors (Lipinski definition) is 4. The molecule has 110 valence electrons. The summed E-state index contributed by atoms with van der Waals surface area (Å²) in [5, 5.41) is 3.49. The number of hydrogen-bond donors (Lipinski definition) is 1. The molecule has 5 heteroatoms. The molecule has 1 aromatic rings. The Bertz CT molecular complexity index is 612. The maximum atomic E-state index is 11.6. The van der Waals surface area contributed by atoms with Crippen LogP contribution in [0.25, 0.3) is 0 Å². The molecule has 2 atom stereocenters. The molecule has 0 bridgehead atoms. The lowest BCUT2D eigenvalue weighted by Crippen LogP contribution is -2.32. The topological polar surface area (TPSA) is 49.4 Å². The minimum atomic E-state index is -2.83. The zero-order valence-electron chi connectivity index (χ0n) is 12.1. The van der Waals surface area contributed by atoms with Gasteiger partial charge in [-0.1, -0.05) is 0 Å². The third-order valence-corrected chi connectivity index (χ3v) is 6.25. The Morgan fingerprint density at radius 3 is 2.80 bits per heavy atom. The highest BCUT2D eigenvalue weighted by molar-refractivity contribution is 7.91. The molecule has 4 nitrogen and oxygen atoms in total. The van der Waals surface area contributed by atoms with E-state index in [0.717, 1.165) is 24.9 Å². The van der Waals surface area contributed by atoms with Crippen LogP contribution < -0.4 is 10.2 Å². The minimum absolute atomic E-state index is 0.119. The fourth-order valence-electron chi connectivity index (χ4n) is 3.15. The van der Waals surface area contributed by atoms with Crippen molar-refractivity contribution >= 4 is 21.2 Å². The first-order chi connectivity index (χ1) is 9.44. The number of benzene rings is 1. The Balaban J connectivity index is 1.81. The molecule has 0 aromatic heterocycles. The van der Waals surface area contributed by atoms with E-state index in [1.165, 1.54) is 11.3 Å². The van der Waals surface area contributed by atoms with Crippen LogP contribution in [0.2, 0.25) is 0 Å². The number of rotatable bonds is 2. The van der Waals surface area contributed by atoms with Gasteiger partial charge in [0.2, 0.25) is 0 Å². The summed E-state index contributed by atoms with van der Waals surface area (Å²) < 4.78 is 23.2. The molecule has 2 heterocycles. The first-order valence-electron chi connectivity index (χ1n) is 7.27. The van der Waals surface area contributed by atoms with E-state index >= 15 is 0 Å². The summed E-state index contributed by atoms with van der Waals surface area (Å²) in [6.07, 6.45) is 2.98. The lowest BCUT2D eigenvalue weighted by molar-refractivity contribution is 0.601. The van der Waals surface area contributed by atoms with Crippen molar-refractivity contribution in [2.75, 3.05) is 28.8 Å². The second kappa shape index (κ2) is 4.95. The zero-order valence-corrected chi connectivity index (χ0v) is 12.9. The van der Waals surface area contributed by atoms with Crippen molar-refractivity contribution in [1.82, 2.24) is 0 Å². The van der Waals surface area contributed by atoms with Crippen LogP contribution in [0.5, 0.6) is 0 Å². The number of anilines is 2. The van der Waals surface area contributed by atoms with Gasteiger partial charge in [-0.25, -0.2) is 8.42 Å². The normalized spacial score (nSPS) is 27.7. The highest BCUT2D eigenvalue weighted by Crippen LogP contribution is 2.30. The number of nitrogens with zero attached hydrogens (tertiary/aromatic N) is 1. The number of nitrogens with one attached hydrogen (secondary N) is 1. The largest absolute Gasteiger partial charge is 0.382 e. The predicted octanol–water partition coefficient (Wildman–Crippen LogP) is 2.06. The summed E-state index contributed by atoms with van der Waals surface area (Å²) in [5.74, 6) is 0.613. The molecule has 3 rings (SSSR count). The van der Waals surface area contributed by atoms with Crippen molar-refractivity contribution < 1.29 is 8.42 Å². The zero-order chi connectivity index (χ0) is 14.3. The van der Waals surface area contributed by atoms with Gasteiger partial charge >= 0.3 is 0 Å². The van der Waals surface area contributed by atoms with Gasteiger partial charge in [0.05, 0.1) is 11.5 Å². The van der Waals surface area contributed by atoms with Crippen LogP contribution in [-0.4, -0.2) is 39.1 Å². The van der Waals surface area contributed by atoms with Gasteiger partial charge in [0.1, 0.15) is 0 Å². The molecule has 2 aliphatic rings. The summed E-state index contributed by atoms with van der Waals surface area (Å²) in [5.41, 5.74) is 3.69. The van der Waals surface area contributed by atoms with Crippen LogP contribution >= 0.6 is 0 Å². The quantitative estimate of drug-likeness (QED) is 0.907. The molecule has 0 aliphatic carbocycles. The Kier molecular flexibility index (Phi) is 3.40. The Hall–Kier alpha value is -1.23. The van der Waals surface area contributed by atoms with Crippen molar-refractivity contribution in [3.05, 3.63) is 23.8 Å². The maximum Gasteiger partial charge on any atom is 0.152 e. The maximum absolute atomic E-state index is 11.6. The van der Waals surface area contributed by atoms with Crippen LogP contribution in [0.1, 0.15) is 25.3 Å². The van der Waals surface area contributed by atoms with Gasteiger partial charge in [0.15, 0.2) is 9.84 Å². The highest BCUT2D eigenvalue weighted by Gasteiger charge is 2.31. The Morgan fingerprint density at radius 2 is 2.10 bits per heavy atom. The first-order valence-corrected chi connectivity index (χ1v) is 9.09. The average molecular weight is 294 g/mol. The fraction of sp³-hybridized carbons (Fsp3) is 0.600. The van der Waals surface area contributed by atoms with Crippen LogP contribution in [0, 0.1) is 0 Å². The van der Waals surface area contributed by atoms with Gasteiger partial charge in [0.25, 0.3) is 0 Å². The van der Waals surface area contributed by atoms with Gasteiger partial charge < -0.3 is 10.2 Å². The molecule has 1 aromatic carbocycles. The van der Waals surface area contributed by atoms with E-state index in [-0.39, 0.29) is 11.8 Å². The standard InChI is InChI=1S/C15H22N2O2S/c1-11-3-4-12-9-13(5-6-15(12)16-11)17(2)14-7-8-20(18,19)10-14/h5-6,9,11,14,16H,3-4,7-8,10H2,1-2H3. The SMILES string of the molecule is CC1CCc2cc(N(C)C3CCS(=O)(=O)C3)ccc2N1. The first kappa shape index (κ1) is 13.7. The molecule has 2 unspecified atom stereocenters. The minimum Gasteiger partial charge on any atom is -0.382 e. The summed E-state index contributed by atoms with van der Waals surface area (Å²) in [6, 6.07) is 7.08.